The first-order chi connectivity index (χ1) is 8.70. The van der Waals surface area contributed by atoms with Gasteiger partial charge in [-0.1, -0.05) is 29.4 Å². The third-order valence-corrected chi connectivity index (χ3v) is 4.18. The summed E-state index contributed by atoms with van der Waals surface area (Å²) in [6, 6.07) is 8.49. The molecule has 0 amide bonds. The number of fused-ring (bicyclic) bond motifs is 1. The van der Waals surface area contributed by atoms with Gasteiger partial charge < -0.3 is 0 Å². The minimum absolute atomic E-state index is 0.506. The molecule has 1 aromatic heterocycles. The van der Waals surface area contributed by atoms with E-state index in [1.165, 1.54) is 35.3 Å². The van der Waals surface area contributed by atoms with E-state index in [1.807, 2.05) is 13.0 Å². The van der Waals surface area contributed by atoms with Crippen molar-refractivity contribution < 1.29 is 0 Å². The Kier molecular flexibility index (Phi) is 3.27. The minimum atomic E-state index is 0.506. The van der Waals surface area contributed by atoms with E-state index in [1.54, 1.807) is 11.8 Å². The van der Waals surface area contributed by atoms with Crippen LogP contribution in [0.1, 0.15) is 23.4 Å². The van der Waals surface area contributed by atoms with Crippen LogP contribution in [0.15, 0.2) is 34.2 Å². The molecule has 1 aromatic carbocycles. The quantitative estimate of drug-likeness (QED) is 0.773. The molecule has 0 saturated carbocycles. The van der Waals surface area contributed by atoms with Gasteiger partial charge in [0.25, 0.3) is 0 Å². The molecule has 1 aliphatic rings. The van der Waals surface area contributed by atoms with Crippen molar-refractivity contribution in [2.75, 3.05) is 0 Å². The van der Waals surface area contributed by atoms with Gasteiger partial charge in [0.2, 0.25) is 0 Å². The second kappa shape index (κ2) is 4.90. The van der Waals surface area contributed by atoms with Gasteiger partial charge >= 0.3 is 0 Å². The minimum Gasteiger partial charge on any atom is -0.226 e. The van der Waals surface area contributed by atoms with Gasteiger partial charge in [-0.05, 0) is 49.4 Å². The average Bonchev–Trinajstić information content (AvgIpc) is 2.74. The Balaban J connectivity index is 1.88. The lowest BCUT2D eigenvalue weighted by atomic mass is 10.1. The lowest BCUT2D eigenvalue weighted by molar-refractivity contribution is 0.911. The second-order valence-corrected chi connectivity index (χ2v) is 5.94. The molecule has 0 spiro atoms. The number of aryl methyl sites for hydroxylation is 3. The number of rotatable bonds is 2. The van der Waals surface area contributed by atoms with Crippen molar-refractivity contribution in [1.29, 1.82) is 0 Å². The third-order valence-electron chi connectivity index (χ3n) is 3.08. The first-order valence-electron chi connectivity index (χ1n) is 6.01. The summed E-state index contributed by atoms with van der Waals surface area (Å²) < 4.78 is 0. The zero-order valence-corrected chi connectivity index (χ0v) is 11.7. The van der Waals surface area contributed by atoms with Gasteiger partial charge in [0.05, 0.1) is 0 Å². The van der Waals surface area contributed by atoms with Crippen molar-refractivity contribution in [3.63, 3.8) is 0 Å². The van der Waals surface area contributed by atoms with Crippen LogP contribution in [0.3, 0.4) is 0 Å². The van der Waals surface area contributed by atoms with E-state index in [4.69, 9.17) is 11.6 Å². The fourth-order valence-electron chi connectivity index (χ4n) is 2.29. The van der Waals surface area contributed by atoms with E-state index in [9.17, 15) is 0 Å². The first kappa shape index (κ1) is 12.0. The number of hydrogen-bond donors (Lipinski definition) is 0. The van der Waals surface area contributed by atoms with Crippen LogP contribution in [0.5, 0.6) is 0 Å². The molecule has 2 aromatic rings. The molecule has 18 heavy (non-hydrogen) atoms. The van der Waals surface area contributed by atoms with Crippen LogP contribution in [-0.4, -0.2) is 9.97 Å². The Hall–Kier alpha value is -1.06. The van der Waals surface area contributed by atoms with Gasteiger partial charge in [-0.2, -0.15) is 0 Å². The van der Waals surface area contributed by atoms with Crippen LogP contribution in [0.25, 0.3) is 0 Å². The van der Waals surface area contributed by atoms with Gasteiger partial charge in [-0.3, -0.25) is 0 Å². The fourth-order valence-corrected chi connectivity index (χ4v) is 3.51. The molecule has 1 heterocycles. The highest BCUT2D eigenvalue weighted by Crippen LogP contribution is 2.31. The molecule has 0 aliphatic heterocycles. The van der Waals surface area contributed by atoms with E-state index in [0.717, 1.165) is 5.03 Å². The Morgan fingerprint density at radius 3 is 2.78 bits per heavy atom. The molecule has 0 fully saturated rings. The van der Waals surface area contributed by atoms with Crippen molar-refractivity contribution in [2.45, 2.75) is 36.1 Å². The summed E-state index contributed by atoms with van der Waals surface area (Å²) in [7, 11) is 0. The maximum atomic E-state index is 5.95. The van der Waals surface area contributed by atoms with Crippen molar-refractivity contribution in [1.82, 2.24) is 9.97 Å². The fraction of sp³-hybridized carbons (Fsp3) is 0.286. The summed E-state index contributed by atoms with van der Waals surface area (Å²) in [5.74, 6) is 0.714. The van der Waals surface area contributed by atoms with Gasteiger partial charge in [0, 0.05) is 11.0 Å². The lowest BCUT2D eigenvalue weighted by Gasteiger charge is -2.05. The zero-order chi connectivity index (χ0) is 12.5. The van der Waals surface area contributed by atoms with Crippen LogP contribution in [0, 0.1) is 6.92 Å². The van der Waals surface area contributed by atoms with Crippen molar-refractivity contribution >= 4 is 23.4 Å². The smallest absolute Gasteiger partial charge is 0.133 e. The summed E-state index contributed by atoms with van der Waals surface area (Å²) in [4.78, 5) is 9.69. The molecular formula is C14H13ClN2S. The van der Waals surface area contributed by atoms with Gasteiger partial charge in [0.1, 0.15) is 16.0 Å². The monoisotopic (exact) mass is 276 g/mol. The van der Waals surface area contributed by atoms with Crippen molar-refractivity contribution in [3.8, 4) is 0 Å². The first-order valence-corrected chi connectivity index (χ1v) is 7.21. The highest BCUT2D eigenvalue weighted by Gasteiger charge is 2.11. The van der Waals surface area contributed by atoms with Gasteiger partial charge in [-0.25, -0.2) is 9.97 Å². The van der Waals surface area contributed by atoms with Crippen molar-refractivity contribution in [3.05, 3.63) is 46.4 Å². The van der Waals surface area contributed by atoms with Crippen LogP contribution >= 0.6 is 23.4 Å². The van der Waals surface area contributed by atoms with Crippen LogP contribution < -0.4 is 0 Å². The van der Waals surface area contributed by atoms with E-state index < -0.39 is 0 Å². The number of benzene rings is 1. The summed E-state index contributed by atoms with van der Waals surface area (Å²) in [5, 5.41) is 1.41. The highest BCUT2D eigenvalue weighted by atomic mass is 35.5. The molecule has 0 atom stereocenters. The summed E-state index contributed by atoms with van der Waals surface area (Å²) >= 11 is 7.59. The second-order valence-electron chi connectivity index (χ2n) is 4.46. The Morgan fingerprint density at radius 1 is 1.11 bits per heavy atom. The number of nitrogens with zero attached hydrogens (tertiary/aromatic N) is 2. The maximum absolute atomic E-state index is 5.95. The summed E-state index contributed by atoms with van der Waals surface area (Å²) in [5.41, 5.74) is 2.98. The average molecular weight is 277 g/mol. The molecule has 0 radical (unpaired) electrons. The topological polar surface area (TPSA) is 25.8 Å². The predicted molar refractivity (Wildman–Crippen MR) is 74.4 cm³/mol. The van der Waals surface area contributed by atoms with Gasteiger partial charge in [-0.15, -0.1) is 0 Å². The van der Waals surface area contributed by atoms with E-state index >= 15 is 0 Å². The lowest BCUT2D eigenvalue weighted by Crippen LogP contribution is -1.90. The number of halogens is 1. The molecule has 0 bridgehead atoms. The predicted octanol–water partition coefficient (Wildman–Crippen LogP) is 4.08. The Labute approximate surface area is 116 Å². The zero-order valence-electron chi connectivity index (χ0n) is 10.1. The molecule has 0 saturated heterocycles. The molecule has 0 N–H and O–H groups in total. The normalized spacial score (nSPS) is 13.7. The molecule has 4 heteroatoms. The number of aromatic nitrogens is 2. The maximum Gasteiger partial charge on any atom is 0.133 e. The molecule has 1 aliphatic carbocycles. The van der Waals surface area contributed by atoms with E-state index in [0.29, 0.717) is 11.0 Å². The Morgan fingerprint density at radius 2 is 1.94 bits per heavy atom. The molecule has 2 nitrogen and oxygen atoms in total. The molecular weight excluding hydrogens is 264 g/mol. The van der Waals surface area contributed by atoms with Crippen molar-refractivity contribution in [2.24, 2.45) is 0 Å². The van der Waals surface area contributed by atoms with E-state index in [-0.39, 0.29) is 0 Å². The highest BCUT2D eigenvalue weighted by molar-refractivity contribution is 7.99. The third kappa shape index (κ3) is 2.52. The molecule has 3 rings (SSSR count). The van der Waals surface area contributed by atoms with Gasteiger partial charge in [0.15, 0.2) is 0 Å². The molecule has 92 valence electrons. The summed E-state index contributed by atoms with van der Waals surface area (Å²) in [6.45, 7) is 1.86. The van der Waals surface area contributed by atoms with Crippen LogP contribution in [-0.2, 0) is 12.8 Å². The van der Waals surface area contributed by atoms with Crippen LogP contribution in [0.2, 0.25) is 5.15 Å². The van der Waals surface area contributed by atoms with Crippen LogP contribution in [0.4, 0.5) is 0 Å². The standard InChI is InChI=1S/C14H13ClN2S/c1-9-16-13(15)8-14(17-9)18-12-6-5-10-3-2-4-11(10)7-12/h5-8H,2-4H2,1H3. The molecule has 0 unspecified atom stereocenters. The number of hydrogen-bond acceptors (Lipinski definition) is 3. The summed E-state index contributed by atoms with van der Waals surface area (Å²) in [6.07, 6.45) is 3.70. The SMILES string of the molecule is Cc1nc(Cl)cc(Sc2ccc3c(c2)CCC3)n1. The Bertz CT molecular complexity index is 578. The largest absolute Gasteiger partial charge is 0.226 e. The van der Waals surface area contributed by atoms with E-state index in [2.05, 4.69) is 28.2 Å².